The van der Waals surface area contributed by atoms with Crippen molar-refractivity contribution in [1.82, 2.24) is 5.32 Å². The van der Waals surface area contributed by atoms with E-state index < -0.39 is 0 Å². The Bertz CT molecular complexity index is 380. The third-order valence-electron chi connectivity index (χ3n) is 2.53. The molecule has 2 N–H and O–H groups in total. The topological polar surface area (TPSA) is 41.1 Å². The van der Waals surface area contributed by atoms with Crippen molar-refractivity contribution in [1.29, 1.82) is 0 Å². The molecule has 3 nitrogen and oxygen atoms in total. The molecule has 0 saturated carbocycles. The molecule has 18 heavy (non-hydrogen) atoms. The summed E-state index contributed by atoms with van der Waals surface area (Å²) in [5.74, 6) is 0.675. The first kappa shape index (κ1) is 15.0. The minimum atomic E-state index is -0.0400. The predicted octanol–water partition coefficient (Wildman–Crippen LogP) is 3.30. The van der Waals surface area contributed by atoms with Crippen molar-refractivity contribution in [2.45, 2.75) is 26.7 Å². The second-order valence-electron chi connectivity index (χ2n) is 4.77. The van der Waals surface area contributed by atoms with Crippen LogP contribution in [0.4, 0.5) is 5.69 Å². The molecule has 0 saturated heterocycles. The molecule has 0 aliphatic carbocycles. The summed E-state index contributed by atoms with van der Waals surface area (Å²) in [5.41, 5.74) is 0.733. The molecule has 1 aromatic carbocycles. The quantitative estimate of drug-likeness (QED) is 0.745. The Morgan fingerprint density at radius 2 is 2.17 bits per heavy atom. The number of carbonyl (C=O) groups is 1. The molecule has 4 heteroatoms. The summed E-state index contributed by atoms with van der Waals surface area (Å²) < 4.78 is 0. The van der Waals surface area contributed by atoms with Crippen LogP contribution in [0.1, 0.15) is 26.7 Å². The Hall–Kier alpha value is -1.06. The molecule has 0 fully saturated rings. The maximum atomic E-state index is 11.6. The molecule has 0 aliphatic rings. The molecule has 1 aromatic rings. The number of hydrogen-bond donors (Lipinski definition) is 2. The van der Waals surface area contributed by atoms with Gasteiger partial charge in [-0.25, -0.2) is 0 Å². The highest BCUT2D eigenvalue weighted by molar-refractivity contribution is 6.30. The molecule has 0 atom stereocenters. The summed E-state index contributed by atoms with van der Waals surface area (Å²) in [6.45, 7) is 5.61. The molecular formula is C14H21ClN2O. The van der Waals surface area contributed by atoms with Crippen LogP contribution in [-0.2, 0) is 4.79 Å². The van der Waals surface area contributed by atoms with Crippen LogP contribution in [0.5, 0.6) is 0 Å². The minimum Gasteiger partial charge on any atom is -0.325 e. The van der Waals surface area contributed by atoms with Crippen LogP contribution in [0, 0.1) is 5.92 Å². The first-order valence-electron chi connectivity index (χ1n) is 6.34. The van der Waals surface area contributed by atoms with E-state index in [4.69, 9.17) is 11.6 Å². The number of halogens is 1. The van der Waals surface area contributed by atoms with Crippen LogP contribution in [0.2, 0.25) is 5.02 Å². The van der Waals surface area contributed by atoms with Gasteiger partial charge in [-0.1, -0.05) is 31.5 Å². The Morgan fingerprint density at radius 3 is 2.83 bits per heavy atom. The molecule has 1 amide bonds. The molecule has 100 valence electrons. The second kappa shape index (κ2) is 8.11. The van der Waals surface area contributed by atoms with Gasteiger partial charge in [-0.2, -0.15) is 0 Å². The molecular weight excluding hydrogens is 248 g/mol. The van der Waals surface area contributed by atoms with E-state index in [1.807, 2.05) is 12.1 Å². The number of nitrogens with one attached hydrogen (secondary N) is 2. The van der Waals surface area contributed by atoms with Crippen molar-refractivity contribution >= 4 is 23.2 Å². The highest BCUT2D eigenvalue weighted by Gasteiger charge is 2.02. The van der Waals surface area contributed by atoms with Gasteiger partial charge < -0.3 is 10.6 Å². The Labute approximate surface area is 114 Å². The lowest BCUT2D eigenvalue weighted by Crippen LogP contribution is -2.28. The van der Waals surface area contributed by atoms with Crippen molar-refractivity contribution in [2.24, 2.45) is 5.92 Å². The van der Waals surface area contributed by atoms with E-state index in [9.17, 15) is 4.79 Å². The number of rotatable bonds is 7. The number of carbonyl (C=O) groups excluding carboxylic acids is 1. The van der Waals surface area contributed by atoms with Gasteiger partial charge >= 0.3 is 0 Å². The summed E-state index contributed by atoms with van der Waals surface area (Å²) >= 11 is 5.84. The average molecular weight is 269 g/mol. The van der Waals surface area contributed by atoms with Gasteiger partial charge in [0.1, 0.15) is 0 Å². The Kier molecular flexibility index (Phi) is 6.76. The van der Waals surface area contributed by atoms with Gasteiger partial charge in [-0.15, -0.1) is 0 Å². The Morgan fingerprint density at radius 1 is 1.39 bits per heavy atom. The highest BCUT2D eigenvalue weighted by atomic mass is 35.5. The lowest BCUT2D eigenvalue weighted by Gasteiger charge is -2.08. The van der Waals surface area contributed by atoms with Crippen molar-refractivity contribution < 1.29 is 4.79 Å². The average Bonchev–Trinajstić information content (AvgIpc) is 2.28. The maximum absolute atomic E-state index is 11.6. The molecule has 0 bridgehead atoms. The molecule has 0 aromatic heterocycles. The zero-order valence-corrected chi connectivity index (χ0v) is 11.8. The number of anilines is 1. The van der Waals surface area contributed by atoms with Gasteiger partial charge in [0, 0.05) is 10.7 Å². The SMILES string of the molecule is CC(C)CCCNCC(=O)Nc1cccc(Cl)c1. The summed E-state index contributed by atoms with van der Waals surface area (Å²) in [6.07, 6.45) is 2.28. The summed E-state index contributed by atoms with van der Waals surface area (Å²) in [7, 11) is 0. The van der Waals surface area contributed by atoms with Crippen LogP contribution in [0.25, 0.3) is 0 Å². The smallest absolute Gasteiger partial charge is 0.238 e. The highest BCUT2D eigenvalue weighted by Crippen LogP contribution is 2.14. The van der Waals surface area contributed by atoms with E-state index in [2.05, 4.69) is 24.5 Å². The predicted molar refractivity (Wildman–Crippen MR) is 77.0 cm³/mol. The maximum Gasteiger partial charge on any atom is 0.238 e. The van der Waals surface area contributed by atoms with Crippen LogP contribution < -0.4 is 10.6 Å². The molecule has 0 radical (unpaired) electrons. The summed E-state index contributed by atoms with van der Waals surface area (Å²) in [4.78, 5) is 11.6. The van der Waals surface area contributed by atoms with Gasteiger partial charge in [0.05, 0.1) is 6.54 Å². The van der Waals surface area contributed by atoms with Gasteiger partial charge in [-0.05, 0) is 43.5 Å². The zero-order valence-electron chi connectivity index (χ0n) is 11.0. The van der Waals surface area contributed by atoms with E-state index in [0.717, 1.165) is 18.7 Å². The van der Waals surface area contributed by atoms with Gasteiger partial charge in [0.15, 0.2) is 0 Å². The fourth-order valence-corrected chi connectivity index (χ4v) is 1.80. The fourth-order valence-electron chi connectivity index (χ4n) is 1.61. The lowest BCUT2D eigenvalue weighted by atomic mass is 10.1. The van der Waals surface area contributed by atoms with E-state index in [0.29, 0.717) is 17.5 Å². The van der Waals surface area contributed by atoms with Gasteiger partial charge in [0.2, 0.25) is 5.91 Å². The molecule has 0 unspecified atom stereocenters. The van der Waals surface area contributed by atoms with E-state index in [-0.39, 0.29) is 5.91 Å². The summed E-state index contributed by atoms with van der Waals surface area (Å²) in [6, 6.07) is 7.15. The zero-order chi connectivity index (χ0) is 13.4. The van der Waals surface area contributed by atoms with Crippen LogP contribution in [-0.4, -0.2) is 19.0 Å². The Balaban J connectivity index is 2.18. The minimum absolute atomic E-state index is 0.0400. The van der Waals surface area contributed by atoms with E-state index in [1.165, 1.54) is 6.42 Å². The van der Waals surface area contributed by atoms with Gasteiger partial charge in [-0.3, -0.25) is 4.79 Å². The van der Waals surface area contributed by atoms with E-state index >= 15 is 0 Å². The molecule has 1 rings (SSSR count). The number of benzene rings is 1. The van der Waals surface area contributed by atoms with Crippen LogP contribution in [0.3, 0.4) is 0 Å². The van der Waals surface area contributed by atoms with Crippen LogP contribution >= 0.6 is 11.6 Å². The monoisotopic (exact) mass is 268 g/mol. The normalized spacial score (nSPS) is 10.7. The number of amides is 1. The van der Waals surface area contributed by atoms with Crippen molar-refractivity contribution in [2.75, 3.05) is 18.4 Å². The molecule has 0 spiro atoms. The van der Waals surface area contributed by atoms with Crippen molar-refractivity contribution in [3.05, 3.63) is 29.3 Å². The van der Waals surface area contributed by atoms with Crippen molar-refractivity contribution in [3.8, 4) is 0 Å². The third-order valence-corrected chi connectivity index (χ3v) is 2.76. The standard InChI is InChI=1S/C14H21ClN2O/c1-11(2)5-4-8-16-10-14(18)17-13-7-3-6-12(15)9-13/h3,6-7,9,11,16H,4-5,8,10H2,1-2H3,(H,17,18). The number of hydrogen-bond acceptors (Lipinski definition) is 2. The first-order chi connectivity index (χ1) is 8.58. The third kappa shape index (κ3) is 6.62. The second-order valence-corrected chi connectivity index (χ2v) is 5.21. The first-order valence-corrected chi connectivity index (χ1v) is 6.72. The van der Waals surface area contributed by atoms with Gasteiger partial charge in [0.25, 0.3) is 0 Å². The largest absolute Gasteiger partial charge is 0.325 e. The lowest BCUT2D eigenvalue weighted by molar-refractivity contribution is -0.115. The molecule has 0 heterocycles. The van der Waals surface area contributed by atoms with E-state index in [1.54, 1.807) is 12.1 Å². The molecule has 0 aliphatic heterocycles. The van der Waals surface area contributed by atoms with Crippen molar-refractivity contribution in [3.63, 3.8) is 0 Å². The summed E-state index contributed by atoms with van der Waals surface area (Å²) in [5, 5.41) is 6.55. The van der Waals surface area contributed by atoms with Crippen LogP contribution in [0.15, 0.2) is 24.3 Å². The fraction of sp³-hybridized carbons (Fsp3) is 0.500.